The molecule has 138 valence electrons. The van der Waals surface area contributed by atoms with Crippen LogP contribution in [0.1, 0.15) is 44.1 Å². The number of para-hydroxylation sites is 1. The van der Waals surface area contributed by atoms with Gasteiger partial charge in [0.2, 0.25) is 5.91 Å². The Bertz CT molecular complexity index is 742. The number of rotatable bonds is 7. The molecule has 2 heterocycles. The van der Waals surface area contributed by atoms with Gasteiger partial charge in [-0.05, 0) is 49.8 Å². The van der Waals surface area contributed by atoms with Gasteiger partial charge >= 0.3 is 5.97 Å². The van der Waals surface area contributed by atoms with Crippen LogP contribution in [0.25, 0.3) is 5.69 Å². The van der Waals surface area contributed by atoms with Gasteiger partial charge in [0.05, 0.1) is 11.9 Å². The monoisotopic (exact) mass is 355 g/mol. The van der Waals surface area contributed by atoms with Crippen molar-refractivity contribution in [2.24, 2.45) is 0 Å². The maximum Gasteiger partial charge on any atom is 0.303 e. The van der Waals surface area contributed by atoms with E-state index in [2.05, 4.69) is 5.10 Å². The Kier molecular flexibility index (Phi) is 6.04. The topological polar surface area (TPSA) is 75.4 Å². The third kappa shape index (κ3) is 4.71. The number of amides is 1. The summed E-state index contributed by atoms with van der Waals surface area (Å²) in [7, 11) is 0. The van der Waals surface area contributed by atoms with Crippen molar-refractivity contribution in [2.45, 2.75) is 51.0 Å². The minimum absolute atomic E-state index is 0.0689. The minimum Gasteiger partial charge on any atom is -0.481 e. The average molecular weight is 355 g/mol. The molecule has 1 atom stereocenters. The van der Waals surface area contributed by atoms with Crippen molar-refractivity contribution in [1.29, 1.82) is 0 Å². The second-order valence-electron chi connectivity index (χ2n) is 6.80. The molecule has 0 radical (unpaired) electrons. The Hall–Kier alpha value is -2.63. The fraction of sp³-hybridized carbons (Fsp3) is 0.450. The molecule has 0 saturated carbocycles. The number of benzene rings is 1. The van der Waals surface area contributed by atoms with Gasteiger partial charge in [-0.25, -0.2) is 4.68 Å². The van der Waals surface area contributed by atoms with E-state index in [0.717, 1.165) is 37.1 Å². The number of aromatic nitrogens is 2. The summed E-state index contributed by atoms with van der Waals surface area (Å²) in [6.07, 6.45) is 8.49. The van der Waals surface area contributed by atoms with Crippen LogP contribution in [0.5, 0.6) is 0 Å². The summed E-state index contributed by atoms with van der Waals surface area (Å²) in [5, 5.41) is 13.3. The predicted molar refractivity (Wildman–Crippen MR) is 98.1 cm³/mol. The van der Waals surface area contributed by atoms with Gasteiger partial charge in [-0.1, -0.05) is 18.2 Å². The molecule has 0 aliphatic carbocycles. The summed E-state index contributed by atoms with van der Waals surface area (Å²) in [4.78, 5) is 25.4. The van der Waals surface area contributed by atoms with E-state index in [1.807, 2.05) is 46.1 Å². The Balaban J connectivity index is 1.56. The summed E-state index contributed by atoms with van der Waals surface area (Å²) in [5.74, 6) is -0.677. The first kappa shape index (κ1) is 18.2. The maximum absolute atomic E-state index is 12.7. The molecular weight excluding hydrogens is 330 g/mol. The van der Waals surface area contributed by atoms with Crippen LogP contribution >= 0.6 is 0 Å². The highest BCUT2D eigenvalue weighted by Crippen LogP contribution is 2.22. The number of carboxylic acids is 1. The third-order valence-electron chi connectivity index (χ3n) is 4.92. The number of carbonyl (C=O) groups excluding carboxylic acids is 1. The third-order valence-corrected chi connectivity index (χ3v) is 4.92. The van der Waals surface area contributed by atoms with Crippen molar-refractivity contribution in [3.63, 3.8) is 0 Å². The second kappa shape index (κ2) is 8.65. The molecular formula is C20H25N3O3. The SMILES string of the molecule is O=C(O)CC[C@@H]1CCCCN1C(=O)CCc1cnn(-c2ccccc2)c1. The Morgan fingerprint density at radius 2 is 1.96 bits per heavy atom. The van der Waals surface area contributed by atoms with Crippen LogP contribution in [-0.4, -0.2) is 44.3 Å². The number of carboxylic acid groups (broad SMARTS) is 1. The molecule has 1 N–H and O–H groups in total. The summed E-state index contributed by atoms with van der Waals surface area (Å²) < 4.78 is 1.82. The van der Waals surface area contributed by atoms with E-state index in [0.29, 0.717) is 19.3 Å². The van der Waals surface area contributed by atoms with E-state index in [1.54, 1.807) is 6.20 Å². The van der Waals surface area contributed by atoms with E-state index in [1.165, 1.54) is 0 Å². The number of piperidine rings is 1. The van der Waals surface area contributed by atoms with Gasteiger partial charge in [0.1, 0.15) is 0 Å². The van der Waals surface area contributed by atoms with Gasteiger partial charge < -0.3 is 10.0 Å². The summed E-state index contributed by atoms with van der Waals surface area (Å²) in [6, 6.07) is 9.94. The van der Waals surface area contributed by atoms with Crippen LogP contribution in [-0.2, 0) is 16.0 Å². The molecule has 1 saturated heterocycles. The van der Waals surface area contributed by atoms with Gasteiger partial charge in [0.25, 0.3) is 0 Å². The fourth-order valence-electron chi connectivity index (χ4n) is 3.53. The molecule has 2 aromatic rings. The molecule has 0 spiro atoms. The van der Waals surface area contributed by atoms with Crippen molar-refractivity contribution in [3.05, 3.63) is 48.3 Å². The molecule has 1 aromatic carbocycles. The highest BCUT2D eigenvalue weighted by atomic mass is 16.4. The Labute approximate surface area is 153 Å². The van der Waals surface area contributed by atoms with E-state index in [-0.39, 0.29) is 18.4 Å². The van der Waals surface area contributed by atoms with Crippen LogP contribution in [0.4, 0.5) is 0 Å². The molecule has 1 amide bonds. The average Bonchev–Trinajstić information content (AvgIpc) is 3.14. The highest BCUT2D eigenvalue weighted by molar-refractivity contribution is 5.77. The van der Waals surface area contributed by atoms with Crippen molar-refractivity contribution in [1.82, 2.24) is 14.7 Å². The number of hydrogen-bond donors (Lipinski definition) is 1. The lowest BCUT2D eigenvalue weighted by Crippen LogP contribution is -2.44. The number of aliphatic carboxylic acids is 1. The Morgan fingerprint density at radius 1 is 1.15 bits per heavy atom. The molecule has 3 rings (SSSR count). The zero-order chi connectivity index (χ0) is 18.4. The van der Waals surface area contributed by atoms with E-state index in [9.17, 15) is 9.59 Å². The lowest BCUT2D eigenvalue weighted by molar-refractivity contribution is -0.140. The van der Waals surface area contributed by atoms with Crippen LogP contribution in [0, 0.1) is 0 Å². The van der Waals surface area contributed by atoms with E-state index in [4.69, 9.17) is 5.11 Å². The molecule has 6 nitrogen and oxygen atoms in total. The molecule has 1 aliphatic rings. The highest BCUT2D eigenvalue weighted by Gasteiger charge is 2.26. The van der Waals surface area contributed by atoms with Crippen molar-refractivity contribution in [3.8, 4) is 5.69 Å². The van der Waals surface area contributed by atoms with Gasteiger partial charge in [-0.15, -0.1) is 0 Å². The normalized spacial score (nSPS) is 17.2. The van der Waals surface area contributed by atoms with Crippen LogP contribution in [0.2, 0.25) is 0 Å². The quantitative estimate of drug-likeness (QED) is 0.828. The number of hydrogen-bond acceptors (Lipinski definition) is 3. The second-order valence-corrected chi connectivity index (χ2v) is 6.80. The molecule has 1 fully saturated rings. The van der Waals surface area contributed by atoms with E-state index < -0.39 is 5.97 Å². The first-order valence-electron chi connectivity index (χ1n) is 9.24. The lowest BCUT2D eigenvalue weighted by Gasteiger charge is -2.35. The summed E-state index contributed by atoms with van der Waals surface area (Å²) >= 11 is 0. The zero-order valence-corrected chi connectivity index (χ0v) is 14.9. The molecule has 0 bridgehead atoms. The molecule has 1 aliphatic heterocycles. The first-order valence-corrected chi connectivity index (χ1v) is 9.24. The number of nitrogens with zero attached hydrogens (tertiary/aromatic N) is 3. The van der Waals surface area contributed by atoms with Crippen molar-refractivity contribution in [2.75, 3.05) is 6.54 Å². The van der Waals surface area contributed by atoms with Crippen molar-refractivity contribution < 1.29 is 14.7 Å². The summed E-state index contributed by atoms with van der Waals surface area (Å²) in [6.45, 7) is 0.742. The summed E-state index contributed by atoms with van der Waals surface area (Å²) in [5.41, 5.74) is 2.02. The molecule has 1 aromatic heterocycles. The van der Waals surface area contributed by atoms with Crippen LogP contribution in [0.15, 0.2) is 42.7 Å². The van der Waals surface area contributed by atoms with E-state index >= 15 is 0 Å². The van der Waals surface area contributed by atoms with Crippen molar-refractivity contribution >= 4 is 11.9 Å². The van der Waals surface area contributed by atoms with Gasteiger partial charge in [0.15, 0.2) is 0 Å². The van der Waals surface area contributed by atoms with Crippen LogP contribution < -0.4 is 0 Å². The number of likely N-dealkylation sites (tertiary alicyclic amines) is 1. The van der Waals surface area contributed by atoms with Gasteiger partial charge in [-0.3, -0.25) is 9.59 Å². The molecule has 0 unspecified atom stereocenters. The number of aryl methyl sites for hydroxylation is 1. The Morgan fingerprint density at radius 3 is 2.73 bits per heavy atom. The van der Waals surface area contributed by atoms with Gasteiger partial charge in [-0.2, -0.15) is 5.10 Å². The largest absolute Gasteiger partial charge is 0.481 e. The lowest BCUT2D eigenvalue weighted by atomic mass is 9.97. The molecule has 6 heteroatoms. The first-order chi connectivity index (χ1) is 12.6. The minimum atomic E-state index is -0.795. The molecule has 26 heavy (non-hydrogen) atoms. The zero-order valence-electron chi connectivity index (χ0n) is 14.9. The standard InChI is InChI=1S/C20H25N3O3/c24-19(22-13-5-4-6-17(22)10-12-20(25)26)11-9-16-14-21-23(15-16)18-7-2-1-3-8-18/h1-3,7-8,14-15,17H,4-6,9-13H2,(H,25,26)/t17-/m0/s1. The smallest absolute Gasteiger partial charge is 0.303 e. The van der Waals surface area contributed by atoms with Crippen LogP contribution in [0.3, 0.4) is 0 Å². The maximum atomic E-state index is 12.7. The predicted octanol–water partition coefficient (Wildman–Crippen LogP) is 3.05. The van der Waals surface area contributed by atoms with Gasteiger partial charge in [0, 0.05) is 31.6 Å². The fourth-order valence-corrected chi connectivity index (χ4v) is 3.53. The number of carbonyl (C=O) groups is 2.